The first-order valence-corrected chi connectivity index (χ1v) is 11.4. The Labute approximate surface area is 193 Å². The minimum Gasteiger partial charge on any atom is -0.338 e. The first-order chi connectivity index (χ1) is 16.1. The van der Waals surface area contributed by atoms with Gasteiger partial charge < -0.3 is 15.5 Å². The maximum absolute atomic E-state index is 13.1. The Morgan fingerprint density at radius 3 is 2.85 bits per heavy atom. The van der Waals surface area contributed by atoms with Crippen molar-refractivity contribution in [2.24, 2.45) is 13.0 Å². The molecule has 1 aromatic heterocycles. The molecule has 0 radical (unpaired) electrons. The van der Waals surface area contributed by atoms with Crippen molar-refractivity contribution >= 4 is 11.7 Å². The number of hydrogen-bond donors (Lipinski definition) is 2. The van der Waals surface area contributed by atoms with Crippen LogP contribution in [-0.4, -0.2) is 57.3 Å². The van der Waals surface area contributed by atoms with E-state index in [2.05, 4.69) is 31.1 Å². The van der Waals surface area contributed by atoms with Gasteiger partial charge in [-0.2, -0.15) is 0 Å². The van der Waals surface area contributed by atoms with E-state index < -0.39 is 0 Å². The van der Waals surface area contributed by atoms with Crippen LogP contribution in [0.4, 0.5) is 14.9 Å². The number of urea groups is 1. The van der Waals surface area contributed by atoms with Gasteiger partial charge in [-0.1, -0.05) is 24.3 Å². The van der Waals surface area contributed by atoms with Crippen LogP contribution in [0.25, 0.3) is 11.4 Å². The second kappa shape index (κ2) is 11.0. The summed E-state index contributed by atoms with van der Waals surface area (Å²) in [6.45, 7) is 3.70. The second-order valence-electron chi connectivity index (χ2n) is 8.58. The minimum absolute atomic E-state index is 0.184. The molecule has 0 spiro atoms. The molecule has 4 rings (SSSR count). The highest BCUT2D eigenvalue weighted by Gasteiger charge is 2.20. The average molecular weight is 452 g/mol. The van der Waals surface area contributed by atoms with Gasteiger partial charge in [0.15, 0.2) is 5.82 Å². The third kappa shape index (κ3) is 6.58. The van der Waals surface area contributed by atoms with Crippen molar-refractivity contribution in [3.05, 3.63) is 59.9 Å². The summed E-state index contributed by atoms with van der Waals surface area (Å²) >= 11 is 0. The lowest BCUT2D eigenvalue weighted by atomic mass is 9.91. The van der Waals surface area contributed by atoms with Gasteiger partial charge in [-0.3, -0.25) is 0 Å². The third-order valence-electron chi connectivity index (χ3n) is 5.98. The van der Waals surface area contributed by atoms with Crippen LogP contribution < -0.4 is 10.6 Å². The number of likely N-dealkylation sites (tertiary alicyclic amines) is 1. The summed E-state index contributed by atoms with van der Waals surface area (Å²) in [6, 6.07) is 14.1. The first-order valence-electron chi connectivity index (χ1n) is 11.4. The van der Waals surface area contributed by atoms with Gasteiger partial charge in [0.05, 0.1) is 0 Å². The molecular weight excluding hydrogens is 421 g/mol. The minimum atomic E-state index is -0.226. The van der Waals surface area contributed by atoms with Crippen molar-refractivity contribution in [2.45, 2.75) is 25.7 Å². The molecule has 1 atom stereocenters. The number of aromatic nitrogens is 4. The number of carbonyl (C=O) groups is 1. The third-order valence-corrected chi connectivity index (χ3v) is 5.98. The van der Waals surface area contributed by atoms with Crippen molar-refractivity contribution in [3.8, 4) is 11.4 Å². The summed E-state index contributed by atoms with van der Waals surface area (Å²) in [4.78, 5) is 14.8. The molecule has 3 aromatic rings. The molecule has 2 aromatic carbocycles. The van der Waals surface area contributed by atoms with Gasteiger partial charge in [-0.05, 0) is 84.9 Å². The number of nitrogens with one attached hydrogen (secondary N) is 2. The van der Waals surface area contributed by atoms with Gasteiger partial charge in [-0.25, -0.2) is 13.9 Å². The molecule has 0 saturated carbocycles. The van der Waals surface area contributed by atoms with E-state index in [9.17, 15) is 9.18 Å². The number of amides is 2. The second-order valence-corrected chi connectivity index (χ2v) is 8.58. The topological polar surface area (TPSA) is 88.0 Å². The zero-order chi connectivity index (χ0) is 23.0. The van der Waals surface area contributed by atoms with Crippen LogP contribution in [0.5, 0.6) is 0 Å². The summed E-state index contributed by atoms with van der Waals surface area (Å²) in [5.74, 6) is 1.05. The Kier molecular flexibility index (Phi) is 7.62. The number of hydrogen-bond acceptors (Lipinski definition) is 5. The number of nitrogens with zero attached hydrogens (tertiary/aromatic N) is 5. The number of tetrazole rings is 1. The first kappa shape index (κ1) is 22.8. The van der Waals surface area contributed by atoms with Gasteiger partial charge >= 0.3 is 6.03 Å². The van der Waals surface area contributed by atoms with Crippen LogP contribution in [0.3, 0.4) is 0 Å². The molecule has 1 unspecified atom stereocenters. The van der Waals surface area contributed by atoms with Crippen molar-refractivity contribution < 1.29 is 9.18 Å². The van der Waals surface area contributed by atoms with Gasteiger partial charge in [0.25, 0.3) is 0 Å². The number of piperidine rings is 1. The predicted octanol–water partition coefficient (Wildman–Crippen LogP) is 3.48. The van der Waals surface area contributed by atoms with E-state index in [-0.39, 0.29) is 11.8 Å². The Morgan fingerprint density at radius 2 is 2.06 bits per heavy atom. The normalized spacial score (nSPS) is 16.5. The van der Waals surface area contributed by atoms with Crippen molar-refractivity contribution in [1.82, 2.24) is 30.4 Å². The summed E-state index contributed by atoms with van der Waals surface area (Å²) in [5, 5.41) is 17.3. The van der Waals surface area contributed by atoms with Crippen LogP contribution in [0, 0.1) is 11.7 Å². The molecule has 0 bridgehead atoms. The van der Waals surface area contributed by atoms with Gasteiger partial charge in [-0.15, -0.1) is 5.10 Å². The summed E-state index contributed by atoms with van der Waals surface area (Å²) < 4.78 is 14.7. The van der Waals surface area contributed by atoms with Crippen molar-refractivity contribution in [3.63, 3.8) is 0 Å². The molecule has 1 aliphatic rings. The van der Waals surface area contributed by atoms with Crippen LogP contribution in [0.2, 0.25) is 0 Å². The molecule has 33 heavy (non-hydrogen) atoms. The maximum Gasteiger partial charge on any atom is 0.319 e. The molecule has 1 aliphatic heterocycles. The number of aryl methyl sites for hydroxylation is 1. The van der Waals surface area contributed by atoms with Crippen molar-refractivity contribution in [2.75, 3.05) is 31.5 Å². The Morgan fingerprint density at radius 1 is 1.21 bits per heavy atom. The van der Waals surface area contributed by atoms with Crippen LogP contribution >= 0.6 is 0 Å². The van der Waals surface area contributed by atoms with E-state index in [1.54, 1.807) is 11.7 Å². The SMILES string of the molecule is Cn1nnnc1-c1cccc(NC(=O)NCCCN2CCCC(Cc3ccc(F)cc3)C2)c1. The van der Waals surface area contributed by atoms with Crippen LogP contribution in [-0.2, 0) is 13.5 Å². The van der Waals surface area contributed by atoms with Gasteiger partial charge in [0.1, 0.15) is 5.82 Å². The number of anilines is 1. The predicted molar refractivity (Wildman–Crippen MR) is 125 cm³/mol. The molecule has 2 N–H and O–H groups in total. The average Bonchev–Trinajstić information content (AvgIpc) is 3.25. The Bertz CT molecular complexity index is 1050. The fraction of sp³-hybridized carbons (Fsp3) is 0.417. The molecular formula is C24H30FN7O. The molecule has 174 valence electrons. The molecule has 2 heterocycles. The quantitative estimate of drug-likeness (QED) is 0.512. The van der Waals surface area contributed by atoms with Crippen LogP contribution in [0.1, 0.15) is 24.8 Å². The smallest absolute Gasteiger partial charge is 0.319 e. The molecule has 2 amide bonds. The number of carbonyl (C=O) groups excluding carboxylic acids is 1. The monoisotopic (exact) mass is 451 g/mol. The Hall–Kier alpha value is -3.33. The highest BCUT2D eigenvalue weighted by Crippen LogP contribution is 2.21. The molecule has 1 fully saturated rings. The number of rotatable bonds is 8. The maximum atomic E-state index is 13.1. The fourth-order valence-corrected chi connectivity index (χ4v) is 4.36. The lowest BCUT2D eigenvalue weighted by Gasteiger charge is -2.32. The largest absolute Gasteiger partial charge is 0.338 e. The Balaban J connectivity index is 1.17. The van der Waals surface area contributed by atoms with E-state index in [1.165, 1.54) is 30.5 Å². The van der Waals surface area contributed by atoms with Crippen LogP contribution in [0.15, 0.2) is 48.5 Å². The van der Waals surface area contributed by atoms with Gasteiger partial charge in [0, 0.05) is 31.4 Å². The lowest BCUT2D eigenvalue weighted by Crippen LogP contribution is -2.38. The zero-order valence-electron chi connectivity index (χ0n) is 18.9. The summed E-state index contributed by atoms with van der Waals surface area (Å²) in [5.41, 5.74) is 2.72. The summed E-state index contributed by atoms with van der Waals surface area (Å²) in [6.07, 6.45) is 4.26. The zero-order valence-corrected chi connectivity index (χ0v) is 18.9. The molecule has 1 saturated heterocycles. The molecule has 8 nitrogen and oxygen atoms in total. The summed E-state index contributed by atoms with van der Waals surface area (Å²) in [7, 11) is 1.77. The molecule has 0 aliphatic carbocycles. The van der Waals surface area contributed by atoms with Gasteiger partial charge in [0.2, 0.25) is 0 Å². The molecule has 9 heteroatoms. The van der Waals surface area contributed by atoms with E-state index in [4.69, 9.17) is 0 Å². The van der Waals surface area contributed by atoms with Crippen molar-refractivity contribution in [1.29, 1.82) is 0 Å². The highest BCUT2D eigenvalue weighted by atomic mass is 19.1. The standard InChI is InChI=1S/C24H30FN7O/c1-31-23(28-29-30-31)20-6-2-7-22(16-20)27-24(33)26-12-4-14-32-13-3-5-19(17-32)15-18-8-10-21(25)11-9-18/h2,6-11,16,19H,3-5,12-15,17H2,1H3,(H2,26,27,33). The van der Waals surface area contributed by atoms with E-state index in [0.29, 0.717) is 24.0 Å². The van der Waals surface area contributed by atoms with E-state index in [1.807, 2.05) is 36.4 Å². The lowest BCUT2D eigenvalue weighted by molar-refractivity contribution is 0.172. The fourth-order valence-electron chi connectivity index (χ4n) is 4.36. The number of halogens is 1. The number of benzene rings is 2. The van der Waals surface area contributed by atoms with E-state index >= 15 is 0 Å². The van der Waals surface area contributed by atoms with E-state index in [0.717, 1.165) is 38.0 Å². The highest BCUT2D eigenvalue weighted by molar-refractivity contribution is 5.89.